The first-order valence-electron chi connectivity index (χ1n) is 13.5. The highest BCUT2D eigenvalue weighted by Crippen LogP contribution is 2.32. The van der Waals surface area contributed by atoms with Crippen LogP contribution < -0.4 is 4.90 Å². The van der Waals surface area contributed by atoms with E-state index >= 15 is 0 Å². The molecule has 2 aromatic carbocycles. The van der Waals surface area contributed by atoms with Crippen molar-refractivity contribution >= 4 is 22.8 Å². The molecule has 38 heavy (non-hydrogen) atoms. The summed E-state index contributed by atoms with van der Waals surface area (Å²) in [6, 6.07) is 16.2. The average molecular weight is 515 g/mol. The summed E-state index contributed by atoms with van der Waals surface area (Å²) < 4.78 is 15.4. The largest absolute Gasteiger partial charge is 0.354 e. The van der Waals surface area contributed by atoms with E-state index in [1.165, 1.54) is 12.1 Å². The van der Waals surface area contributed by atoms with Crippen molar-refractivity contribution in [1.82, 2.24) is 24.6 Å². The van der Waals surface area contributed by atoms with E-state index in [1.807, 2.05) is 42.2 Å². The highest BCUT2D eigenvalue weighted by atomic mass is 19.1. The average Bonchev–Trinajstić information content (AvgIpc) is 3.09. The maximum absolute atomic E-state index is 13.6. The van der Waals surface area contributed by atoms with Gasteiger partial charge in [0, 0.05) is 32.1 Å². The zero-order chi connectivity index (χ0) is 26.6. The number of fused-ring (bicyclic) bond motifs is 1. The number of carbonyl (C=O) groups excluding carboxylic acids is 1. The molecule has 0 saturated carbocycles. The van der Waals surface area contributed by atoms with Gasteiger partial charge in [-0.05, 0) is 49.6 Å². The molecule has 0 bridgehead atoms. The van der Waals surface area contributed by atoms with Gasteiger partial charge in [-0.25, -0.2) is 19.0 Å². The minimum absolute atomic E-state index is 0.156. The van der Waals surface area contributed by atoms with E-state index in [1.54, 1.807) is 16.8 Å². The van der Waals surface area contributed by atoms with Crippen molar-refractivity contribution in [1.29, 1.82) is 0 Å². The number of benzene rings is 2. The highest BCUT2D eigenvalue weighted by Gasteiger charge is 2.26. The number of amides is 1. The van der Waals surface area contributed by atoms with E-state index in [0.29, 0.717) is 19.5 Å². The molecule has 7 nitrogen and oxygen atoms in total. The number of rotatable bonds is 7. The number of carbonyl (C=O) groups is 1. The standard InChI is InChI=1S/C30H35FN6O/c1-4-9-21(2)28-32-29(27-22(3)34-37(30(27)33-28)25-14-12-24(31)13-15-25)36-17-8-16-35(18-19-36)26(38)20-23-10-6-5-7-11-23/h5-7,10-15,21H,4,8-9,16-20H2,1-3H3/t21-/m0/s1. The first-order chi connectivity index (χ1) is 18.4. The summed E-state index contributed by atoms with van der Waals surface area (Å²) in [4.78, 5) is 27.4. The van der Waals surface area contributed by atoms with Gasteiger partial charge < -0.3 is 9.80 Å². The molecule has 0 aliphatic carbocycles. The topological polar surface area (TPSA) is 67.2 Å². The fraction of sp³-hybridized carbons (Fsp3) is 0.400. The Bertz CT molecular complexity index is 1400. The Morgan fingerprint density at radius 1 is 1.00 bits per heavy atom. The van der Waals surface area contributed by atoms with Gasteiger partial charge >= 0.3 is 0 Å². The molecule has 5 rings (SSSR count). The first-order valence-corrected chi connectivity index (χ1v) is 13.5. The highest BCUT2D eigenvalue weighted by molar-refractivity contribution is 5.91. The van der Waals surface area contributed by atoms with E-state index in [-0.39, 0.29) is 17.6 Å². The second-order valence-corrected chi connectivity index (χ2v) is 10.2. The Morgan fingerprint density at radius 2 is 1.76 bits per heavy atom. The van der Waals surface area contributed by atoms with Gasteiger partial charge in [0.2, 0.25) is 5.91 Å². The molecule has 0 spiro atoms. The number of anilines is 1. The molecule has 1 amide bonds. The quantitative estimate of drug-likeness (QED) is 0.328. The minimum Gasteiger partial charge on any atom is -0.354 e. The van der Waals surface area contributed by atoms with E-state index in [9.17, 15) is 9.18 Å². The lowest BCUT2D eigenvalue weighted by molar-refractivity contribution is -0.130. The molecule has 198 valence electrons. The molecule has 2 aromatic heterocycles. The molecule has 1 aliphatic rings. The first kappa shape index (κ1) is 25.8. The van der Waals surface area contributed by atoms with Crippen LogP contribution in [0.25, 0.3) is 16.7 Å². The normalized spacial score (nSPS) is 15.1. The maximum atomic E-state index is 13.6. The molecule has 1 saturated heterocycles. The predicted octanol–water partition coefficient (Wildman–Crippen LogP) is 5.45. The van der Waals surface area contributed by atoms with Crippen molar-refractivity contribution in [2.24, 2.45) is 0 Å². The molecule has 1 atom stereocenters. The van der Waals surface area contributed by atoms with Crippen molar-refractivity contribution in [3.8, 4) is 5.69 Å². The van der Waals surface area contributed by atoms with Gasteiger partial charge in [-0.15, -0.1) is 0 Å². The summed E-state index contributed by atoms with van der Waals surface area (Å²) in [5, 5.41) is 5.71. The van der Waals surface area contributed by atoms with Gasteiger partial charge in [0.1, 0.15) is 17.5 Å². The monoisotopic (exact) mass is 514 g/mol. The van der Waals surface area contributed by atoms with E-state index in [2.05, 4.69) is 18.7 Å². The van der Waals surface area contributed by atoms with Crippen LogP contribution in [0.3, 0.4) is 0 Å². The number of hydrogen-bond donors (Lipinski definition) is 0. The summed E-state index contributed by atoms with van der Waals surface area (Å²) in [6.45, 7) is 9.15. The fourth-order valence-corrected chi connectivity index (χ4v) is 5.21. The van der Waals surface area contributed by atoms with Gasteiger partial charge in [0.05, 0.1) is 23.2 Å². The van der Waals surface area contributed by atoms with E-state index < -0.39 is 0 Å². The minimum atomic E-state index is -0.287. The van der Waals surface area contributed by atoms with Crippen LogP contribution in [0.1, 0.15) is 56.1 Å². The molecule has 1 fully saturated rings. The van der Waals surface area contributed by atoms with Crippen LogP contribution in [0, 0.1) is 12.7 Å². The van der Waals surface area contributed by atoms with Gasteiger partial charge in [-0.1, -0.05) is 50.6 Å². The third-order valence-electron chi connectivity index (χ3n) is 7.28. The van der Waals surface area contributed by atoms with Gasteiger partial charge in [-0.3, -0.25) is 4.79 Å². The maximum Gasteiger partial charge on any atom is 0.227 e. The fourth-order valence-electron chi connectivity index (χ4n) is 5.21. The third kappa shape index (κ3) is 5.39. The molecular formula is C30H35FN6O. The number of aromatic nitrogens is 4. The lowest BCUT2D eigenvalue weighted by Gasteiger charge is -2.24. The van der Waals surface area contributed by atoms with Crippen molar-refractivity contribution in [2.75, 3.05) is 31.1 Å². The van der Waals surface area contributed by atoms with E-state index in [0.717, 1.165) is 72.0 Å². The lowest BCUT2D eigenvalue weighted by atomic mass is 10.1. The third-order valence-corrected chi connectivity index (χ3v) is 7.28. The van der Waals surface area contributed by atoms with Crippen LogP contribution in [0.4, 0.5) is 10.2 Å². The van der Waals surface area contributed by atoms with Crippen LogP contribution in [0.5, 0.6) is 0 Å². The smallest absolute Gasteiger partial charge is 0.227 e. The van der Waals surface area contributed by atoms with Crippen molar-refractivity contribution in [3.05, 3.63) is 77.5 Å². The Kier molecular flexibility index (Phi) is 7.67. The van der Waals surface area contributed by atoms with Crippen LogP contribution in [-0.4, -0.2) is 56.7 Å². The summed E-state index contributed by atoms with van der Waals surface area (Å²) >= 11 is 0. The molecular weight excluding hydrogens is 479 g/mol. The Morgan fingerprint density at radius 3 is 2.50 bits per heavy atom. The van der Waals surface area contributed by atoms with Gasteiger partial charge in [-0.2, -0.15) is 5.10 Å². The molecule has 0 radical (unpaired) electrons. The second kappa shape index (κ2) is 11.3. The zero-order valence-corrected chi connectivity index (χ0v) is 22.4. The summed E-state index contributed by atoms with van der Waals surface area (Å²) in [7, 11) is 0. The molecule has 8 heteroatoms. The number of hydrogen-bond acceptors (Lipinski definition) is 5. The van der Waals surface area contributed by atoms with Crippen molar-refractivity contribution < 1.29 is 9.18 Å². The molecule has 3 heterocycles. The lowest BCUT2D eigenvalue weighted by Crippen LogP contribution is -2.36. The predicted molar refractivity (Wildman–Crippen MR) is 148 cm³/mol. The Labute approximate surface area is 223 Å². The molecule has 4 aromatic rings. The number of aryl methyl sites for hydroxylation is 1. The SMILES string of the molecule is CCC[C@H](C)c1nc(N2CCCN(C(=O)Cc3ccccc3)CC2)c2c(C)nn(-c3ccc(F)cc3)c2n1. The molecule has 1 aliphatic heterocycles. The molecule has 0 N–H and O–H groups in total. The van der Waals surface area contributed by atoms with Crippen molar-refractivity contribution in [3.63, 3.8) is 0 Å². The summed E-state index contributed by atoms with van der Waals surface area (Å²) in [5.74, 6) is 1.72. The Hall–Kier alpha value is -3.81. The molecule has 0 unspecified atom stereocenters. The van der Waals surface area contributed by atoms with Crippen LogP contribution >= 0.6 is 0 Å². The van der Waals surface area contributed by atoms with Crippen LogP contribution in [-0.2, 0) is 11.2 Å². The van der Waals surface area contributed by atoms with E-state index in [4.69, 9.17) is 15.1 Å². The van der Waals surface area contributed by atoms with Gasteiger partial charge in [0.15, 0.2) is 5.65 Å². The zero-order valence-electron chi connectivity index (χ0n) is 22.4. The number of halogens is 1. The summed E-state index contributed by atoms with van der Waals surface area (Å²) in [5.41, 5.74) is 3.36. The van der Waals surface area contributed by atoms with Crippen LogP contribution in [0.15, 0.2) is 54.6 Å². The second-order valence-electron chi connectivity index (χ2n) is 10.2. The van der Waals surface area contributed by atoms with Crippen molar-refractivity contribution in [2.45, 2.75) is 52.4 Å². The Balaban J connectivity index is 1.48. The number of nitrogens with zero attached hydrogens (tertiary/aromatic N) is 6. The van der Waals surface area contributed by atoms with Crippen LogP contribution in [0.2, 0.25) is 0 Å². The van der Waals surface area contributed by atoms with Gasteiger partial charge in [0.25, 0.3) is 0 Å². The summed E-state index contributed by atoms with van der Waals surface area (Å²) in [6.07, 6.45) is 3.30.